The Morgan fingerprint density at radius 3 is 1.29 bits per heavy atom. The minimum atomic E-state index is -2.14. The monoisotopic (exact) mass is 340 g/mol. The maximum atomic E-state index is 2.53. The van der Waals surface area contributed by atoms with Gasteiger partial charge in [-0.05, 0) is 0 Å². The molecule has 0 nitrogen and oxygen atoms in total. The molecule has 21 heavy (non-hydrogen) atoms. The number of hydrogen-bond acceptors (Lipinski definition) is 0. The number of aryl methyl sites for hydroxylation is 4. The van der Waals surface area contributed by atoms with Gasteiger partial charge in [-0.15, -0.1) is 0 Å². The Balaban J connectivity index is 2.42. The summed E-state index contributed by atoms with van der Waals surface area (Å²) in [5.74, 6) is 0. The summed E-state index contributed by atoms with van der Waals surface area (Å²) >= 11 is -2.14. The summed E-state index contributed by atoms with van der Waals surface area (Å²) in [5.41, 5.74) is 8.91. The fourth-order valence-electron chi connectivity index (χ4n) is 4.03. The Morgan fingerprint density at radius 2 is 0.952 bits per heavy atom. The van der Waals surface area contributed by atoms with E-state index >= 15 is 0 Å². The molecule has 0 unspecified atom stereocenters. The van der Waals surface area contributed by atoms with Crippen molar-refractivity contribution in [2.24, 2.45) is 0 Å². The molecule has 0 spiro atoms. The zero-order chi connectivity index (χ0) is 15.4. The summed E-state index contributed by atoms with van der Waals surface area (Å²) < 4.78 is 3.48. The molecule has 0 aliphatic carbocycles. The van der Waals surface area contributed by atoms with Gasteiger partial charge >= 0.3 is 132 Å². The van der Waals surface area contributed by atoms with Gasteiger partial charge in [0.25, 0.3) is 0 Å². The molecular weight excluding hydrogens is 313 g/mol. The second-order valence-corrected chi connectivity index (χ2v) is 16.5. The first-order valence-electron chi connectivity index (χ1n) is 8.18. The van der Waals surface area contributed by atoms with Crippen molar-refractivity contribution in [1.29, 1.82) is 0 Å². The van der Waals surface area contributed by atoms with Crippen molar-refractivity contribution < 1.29 is 0 Å². The van der Waals surface area contributed by atoms with Crippen molar-refractivity contribution in [3.63, 3.8) is 0 Å². The van der Waals surface area contributed by atoms with Crippen molar-refractivity contribution in [3.05, 3.63) is 46.5 Å². The normalized spacial score (nSPS) is 15.0. The van der Waals surface area contributed by atoms with Crippen LogP contribution in [0, 0.1) is 27.7 Å². The first-order chi connectivity index (χ1) is 9.94. The number of fused-ring (bicyclic) bond motifs is 3. The van der Waals surface area contributed by atoms with Crippen molar-refractivity contribution in [1.82, 2.24) is 0 Å². The van der Waals surface area contributed by atoms with E-state index in [9.17, 15) is 0 Å². The fraction of sp³-hybridized carbons (Fsp3) is 0.400. The van der Waals surface area contributed by atoms with Gasteiger partial charge in [0.2, 0.25) is 0 Å². The van der Waals surface area contributed by atoms with Crippen molar-refractivity contribution in [2.45, 2.75) is 52.0 Å². The van der Waals surface area contributed by atoms with Crippen LogP contribution in [0.25, 0.3) is 11.1 Å². The van der Waals surface area contributed by atoms with Crippen molar-refractivity contribution in [2.75, 3.05) is 0 Å². The van der Waals surface area contributed by atoms with E-state index in [2.05, 4.69) is 65.8 Å². The fourth-order valence-corrected chi connectivity index (χ4v) is 14.0. The van der Waals surface area contributed by atoms with Crippen LogP contribution >= 0.6 is 0 Å². The molecule has 0 radical (unpaired) electrons. The Labute approximate surface area is 132 Å². The molecule has 2 aromatic carbocycles. The summed E-state index contributed by atoms with van der Waals surface area (Å²) in [5, 5.41) is 2.73. The molecule has 1 aliphatic heterocycles. The van der Waals surface area contributed by atoms with Gasteiger partial charge in [0, 0.05) is 0 Å². The summed E-state index contributed by atoms with van der Waals surface area (Å²) in [6.45, 7) is 13.9. The molecule has 0 saturated carbocycles. The Morgan fingerprint density at radius 1 is 0.619 bits per heavy atom. The second-order valence-electron chi connectivity index (χ2n) is 6.75. The molecule has 3 rings (SSSR count). The van der Waals surface area contributed by atoms with Gasteiger partial charge in [-0.2, -0.15) is 0 Å². The van der Waals surface area contributed by atoms with Crippen LogP contribution in [0.15, 0.2) is 24.3 Å². The standard InChI is InChI=1S/C20H26Ge/c1-7-21(8-2)19-11-15(5)13(3)9-17(19)18-10-14(4)16(6)12-20(18)21/h9-12H,7-8H2,1-6H3. The van der Waals surface area contributed by atoms with Crippen molar-refractivity contribution >= 4 is 22.1 Å². The van der Waals surface area contributed by atoms with Crippen molar-refractivity contribution in [3.8, 4) is 11.1 Å². The van der Waals surface area contributed by atoms with E-state index in [4.69, 9.17) is 0 Å². The summed E-state index contributed by atoms with van der Waals surface area (Å²) in [6, 6.07) is 9.97. The van der Waals surface area contributed by atoms with Crippen LogP contribution in [0.3, 0.4) is 0 Å². The molecule has 1 heterocycles. The molecule has 1 aliphatic rings. The topological polar surface area (TPSA) is 0 Å². The maximum absolute atomic E-state index is 2.53. The first kappa shape index (κ1) is 14.9. The molecule has 0 atom stereocenters. The first-order valence-corrected chi connectivity index (χ1v) is 13.2. The number of rotatable bonds is 2. The van der Waals surface area contributed by atoms with Gasteiger partial charge in [-0.1, -0.05) is 0 Å². The van der Waals surface area contributed by atoms with Crippen LogP contribution < -0.4 is 8.79 Å². The third kappa shape index (κ3) is 1.95. The molecule has 0 amide bonds. The quantitative estimate of drug-likeness (QED) is 0.707. The van der Waals surface area contributed by atoms with E-state index in [1.807, 2.05) is 0 Å². The molecule has 0 fully saturated rings. The average Bonchev–Trinajstić information content (AvgIpc) is 2.70. The Kier molecular flexibility index (Phi) is 3.56. The molecule has 0 bridgehead atoms. The molecular formula is C20H26Ge. The zero-order valence-corrected chi connectivity index (χ0v) is 16.3. The molecule has 0 N–H and O–H groups in total. The van der Waals surface area contributed by atoms with Crippen LogP contribution in [0.5, 0.6) is 0 Å². The van der Waals surface area contributed by atoms with Gasteiger partial charge in [0.15, 0.2) is 0 Å². The third-order valence-corrected chi connectivity index (χ3v) is 16.9. The zero-order valence-electron chi connectivity index (χ0n) is 14.2. The summed E-state index contributed by atoms with van der Waals surface area (Å²) in [7, 11) is 0. The molecule has 0 saturated heterocycles. The molecule has 2 aromatic rings. The van der Waals surface area contributed by atoms with Gasteiger partial charge in [0.1, 0.15) is 0 Å². The van der Waals surface area contributed by atoms with Crippen LogP contribution in [0.1, 0.15) is 36.1 Å². The number of hydrogen-bond donors (Lipinski definition) is 0. The number of benzene rings is 2. The second kappa shape index (κ2) is 5.02. The SMILES string of the molecule is C[CH2][Ge]1([CH2]C)[c]2cc(C)c(C)cc2-c2cc(C)c(C)c[c]21. The van der Waals surface area contributed by atoms with E-state index < -0.39 is 13.3 Å². The van der Waals surface area contributed by atoms with E-state index in [1.165, 1.54) is 32.8 Å². The van der Waals surface area contributed by atoms with E-state index in [-0.39, 0.29) is 0 Å². The summed E-state index contributed by atoms with van der Waals surface area (Å²) in [6.07, 6.45) is 0. The molecule has 110 valence electrons. The third-order valence-electron chi connectivity index (χ3n) is 5.80. The van der Waals surface area contributed by atoms with Crippen LogP contribution in [-0.2, 0) is 0 Å². The molecule has 1 heteroatoms. The van der Waals surface area contributed by atoms with E-state index in [1.54, 1.807) is 19.9 Å². The van der Waals surface area contributed by atoms with Crippen LogP contribution in [0.2, 0.25) is 10.5 Å². The van der Waals surface area contributed by atoms with Gasteiger partial charge in [-0.25, -0.2) is 0 Å². The minimum absolute atomic E-state index is 1.36. The van der Waals surface area contributed by atoms with Gasteiger partial charge < -0.3 is 0 Å². The molecule has 0 aromatic heterocycles. The predicted octanol–water partition coefficient (Wildman–Crippen LogP) is 4.50. The summed E-state index contributed by atoms with van der Waals surface area (Å²) in [4.78, 5) is 0. The average molecular weight is 339 g/mol. The van der Waals surface area contributed by atoms with E-state index in [0.717, 1.165) is 0 Å². The van der Waals surface area contributed by atoms with Gasteiger partial charge in [0.05, 0.1) is 0 Å². The van der Waals surface area contributed by atoms with Crippen LogP contribution in [-0.4, -0.2) is 13.3 Å². The Hall–Kier alpha value is -1.02. The van der Waals surface area contributed by atoms with Gasteiger partial charge in [-0.3, -0.25) is 0 Å². The predicted molar refractivity (Wildman–Crippen MR) is 96.8 cm³/mol. The van der Waals surface area contributed by atoms with E-state index in [0.29, 0.717) is 0 Å². The van der Waals surface area contributed by atoms with Crippen LogP contribution in [0.4, 0.5) is 0 Å². The Bertz CT molecular complexity index is 662.